The molecule has 0 fully saturated rings. The molecule has 8 heteroatoms. The number of carbonyl (C=O) groups is 3. The Balaban J connectivity index is 2.72. The Bertz CT molecular complexity index is 474. The van der Waals surface area contributed by atoms with Crippen LogP contribution in [0.4, 0.5) is 4.79 Å². The number of carbonyl (C=O) groups excluding carboxylic acids is 3. The van der Waals surface area contributed by atoms with Crippen molar-refractivity contribution in [3.8, 4) is 0 Å². The Morgan fingerprint density at radius 1 is 1.39 bits per heavy atom. The topological polar surface area (TPSA) is 96.5 Å². The summed E-state index contributed by atoms with van der Waals surface area (Å²) >= 11 is 1.47. The van der Waals surface area contributed by atoms with Gasteiger partial charge in [0.1, 0.15) is 11.6 Å². The van der Waals surface area contributed by atoms with Gasteiger partial charge in [-0.2, -0.15) is 11.8 Å². The number of rotatable bonds is 1. The standard InChI is InChI=1S/C15H25N3O4S/c1-10-5-6-12(19)16-7-8-23-9-11(13(20)17-10)18-14(21)22-15(2,3)4/h5-6,10-11H,7-9H2,1-4H3,(H,16,19)(H,17,20)(H,18,21)/b6-5+/t10-,11-/m0/s1. The fourth-order valence-corrected chi connectivity index (χ4v) is 2.63. The van der Waals surface area contributed by atoms with Gasteiger partial charge in [0.05, 0.1) is 0 Å². The Labute approximate surface area is 141 Å². The first-order valence-electron chi connectivity index (χ1n) is 7.51. The van der Waals surface area contributed by atoms with Crippen molar-refractivity contribution >= 4 is 29.7 Å². The lowest BCUT2D eigenvalue weighted by atomic mass is 10.2. The van der Waals surface area contributed by atoms with Crippen LogP contribution in [0.1, 0.15) is 27.7 Å². The van der Waals surface area contributed by atoms with E-state index in [0.717, 1.165) is 0 Å². The highest BCUT2D eigenvalue weighted by atomic mass is 32.2. The third-order valence-corrected chi connectivity index (χ3v) is 3.81. The van der Waals surface area contributed by atoms with E-state index in [1.54, 1.807) is 33.8 Å². The van der Waals surface area contributed by atoms with Gasteiger partial charge in [0.25, 0.3) is 0 Å². The van der Waals surface area contributed by atoms with Crippen molar-refractivity contribution in [3.63, 3.8) is 0 Å². The molecule has 0 saturated heterocycles. The molecule has 0 spiro atoms. The van der Waals surface area contributed by atoms with Gasteiger partial charge in [-0.25, -0.2) is 4.79 Å². The Hall–Kier alpha value is -1.70. The lowest BCUT2D eigenvalue weighted by molar-refractivity contribution is -0.123. The molecule has 1 rings (SSSR count). The first kappa shape index (κ1) is 19.3. The second-order valence-corrected chi connectivity index (χ2v) is 7.37. The molecular formula is C15H25N3O4S. The van der Waals surface area contributed by atoms with Gasteiger partial charge in [-0.15, -0.1) is 0 Å². The maximum Gasteiger partial charge on any atom is 0.408 e. The maximum absolute atomic E-state index is 12.3. The Morgan fingerprint density at radius 3 is 2.74 bits per heavy atom. The van der Waals surface area contributed by atoms with Gasteiger partial charge in [0.2, 0.25) is 11.8 Å². The van der Waals surface area contributed by atoms with E-state index in [-0.39, 0.29) is 17.9 Å². The molecular weight excluding hydrogens is 318 g/mol. The molecule has 23 heavy (non-hydrogen) atoms. The minimum absolute atomic E-state index is 0.185. The minimum Gasteiger partial charge on any atom is -0.444 e. The van der Waals surface area contributed by atoms with Crippen LogP contribution in [-0.2, 0) is 14.3 Å². The highest BCUT2D eigenvalue weighted by Gasteiger charge is 2.25. The van der Waals surface area contributed by atoms with Crippen LogP contribution >= 0.6 is 11.8 Å². The summed E-state index contributed by atoms with van der Waals surface area (Å²) in [7, 11) is 0. The summed E-state index contributed by atoms with van der Waals surface area (Å²) in [5, 5.41) is 8.10. The summed E-state index contributed by atoms with van der Waals surface area (Å²) in [5.41, 5.74) is -0.626. The molecule has 7 nitrogen and oxygen atoms in total. The predicted octanol–water partition coefficient (Wildman–Crippen LogP) is 0.804. The number of alkyl carbamates (subject to hydrolysis) is 1. The Morgan fingerprint density at radius 2 is 2.09 bits per heavy atom. The fraction of sp³-hybridized carbons (Fsp3) is 0.667. The maximum atomic E-state index is 12.3. The van der Waals surface area contributed by atoms with E-state index in [1.165, 1.54) is 17.8 Å². The molecule has 130 valence electrons. The average molecular weight is 343 g/mol. The van der Waals surface area contributed by atoms with Crippen LogP contribution in [0.25, 0.3) is 0 Å². The van der Waals surface area contributed by atoms with E-state index >= 15 is 0 Å². The molecule has 0 aromatic carbocycles. The van der Waals surface area contributed by atoms with E-state index in [2.05, 4.69) is 16.0 Å². The van der Waals surface area contributed by atoms with Crippen LogP contribution < -0.4 is 16.0 Å². The third kappa shape index (κ3) is 8.49. The molecule has 0 unspecified atom stereocenters. The van der Waals surface area contributed by atoms with E-state index in [0.29, 0.717) is 18.1 Å². The molecule has 0 bridgehead atoms. The first-order chi connectivity index (χ1) is 10.7. The summed E-state index contributed by atoms with van der Waals surface area (Å²) in [6.45, 7) is 7.54. The largest absolute Gasteiger partial charge is 0.444 e. The van der Waals surface area contributed by atoms with Gasteiger partial charge in [0, 0.05) is 30.2 Å². The van der Waals surface area contributed by atoms with Crippen molar-refractivity contribution in [3.05, 3.63) is 12.2 Å². The second kappa shape index (κ2) is 8.81. The third-order valence-electron chi connectivity index (χ3n) is 2.74. The summed E-state index contributed by atoms with van der Waals surface area (Å²) in [6.07, 6.45) is 2.38. The zero-order valence-corrected chi connectivity index (χ0v) is 14.8. The number of hydrogen-bond donors (Lipinski definition) is 3. The van der Waals surface area contributed by atoms with Crippen LogP contribution in [0.15, 0.2) is 12.2 Å². The van der Waals surface area contributed by atoms with Gasteiger partial charge in [-0.1, -0.05) is 6.08 Å². The summed E-state index contributed by atoms with van der Waals surface area (Å²) in [6, 6.07) is -1.01. The van der Waals surface area contributed by atoms with Crippen LogP contribution in [0, 0.1) is 0 Å². The molecule has 0 aromatic heterocycles. The van der Waals surface area contributed by atoms with Crippen LogP contribution in [0.5, 0.6) is 0 Å². The molecule has 1 heterocycles. The number of amides is 3. The van der Waals surface area contributed by atoms with Crippen molar-refractivity contribution in [1.82, 2.24) is 16.0 Å². The SMILES string of the molecule is C[C@H]1/C=C/C(=O)NCCSC[C@H](NC(=O)OC(C)(C)C)C(=O)N1. The predicted molar refractivity (Wildman–Crippen MR) is 90.2 cm³/mol. The monoisotopic (exact) mass is 343 g/mol. The molecule has 2 atom stereocenters. The number of hydrogen-bond acceptors (Lipinski definition) is 5. The molecule has 3 amide bonds. The zero-order chi connectivity index (χ0) is 17.5. The minimum atomic E-state index is -0.694. The van der Waals surface area contributed by atoms with Gasteiger partial charge < -0.3 is 20.7 Å². The fourth-order valence-electron chi connectivity index (χ4n) is 1.74. The number of ether oxygens (including phenoxy) is 1. The first-order valence-corrected chi connectivity index (χ1v) is 8.66. The zero-order valence-electron chi connectivity index (χ0n) is 14.0. The van der Waals surface area contributed by atoms with Crippen molar-refractivity contribution < 1.29 is 19.1 Å². The van der Waals surface area contributed by atoms with E-state index in [9.17, 15) is 14.4 Å². The molecule has 0 aromatic rings. The van der Waals surface area contributed by atoms with Crippen molar-refractivity contribution in [1.29, 1.82) is 0 Å². The van der Waals surface area contributed by atoms with Gasteiger partial charge in [-0.05, 0) is 27.7 Å². The highest BCUT2D eigenvalue weighted by molar-refractivity contribution is 7.99. The molecule has 0 saturated carbocycles. The number of nitrogens with one attached hydrogen (secondary N) is 3. The lowest BCUT2D eigenvalue weighted by Gasteiger charge is -2.24. The molecule has 1 aliphatic heterocycles. The van der Waals surface area contributed by atoms with Crippen molar-refractivity contribution in [2.75, 3.05) is 18.1 Å². The Kier molecular flexibility index (Phi) is 7.41. The van der Waals surface area contributed by atoms with Crippen molar-refractivity contribution in [2.45, 2.75) is 45.4 Å². The molecule has 0 radical (unpaired) electrons. The molecule has 3 N–H and O–H groups in total. The normalized spacial score (nSPS) is 25.2. The summed E-state index contributed by atoms with van der Waals surface area (Å²) in [4.78, 5) is 35.6. The quantitative estimate of drug-likeness (QED) is 0.654. The molecule has 1 aliphatic rings. The van der Waals surface area contributed by atoms with E-state index in [1.807, 2.05) is 0 Å². The van der Waals surface area contributed by atoms with Gasteiger partial charge in [-0.3, -0.25) is 9.59 Å². The van der Waals surface area contributed by atoms with Crippen molar-refractivity contribution in [2.24, 2.45) is 0 Å². The summed E-state index contributed by atoms with van der Waals surface area (Å²) in [5.74, 6) is 0.559. The van der Waals surface area contributed by atoms with Gasteiger partial charge >= 0.3 is 6.09 Å². The number of thioether (sulfide) groups is 1. The highest BCUT2D eigenvalue weighted by Crippen LogP contribution is 2.09. The smallest absolute Gasteiger partial charge is 0.408 e. The lowest BCUT2D eigenvalue weighted by Crippen LogP contribution is -2.51. The van der Waals surface area contributed by atoms with E-state index < -0.39 is 17.7 Å². The van der Waals surface area contributed by atoms with Gasteiger partial charge in [0.15, 0.2) is 0 Å². The van der Waals surface area contributed by atoms with Crippen LogP contribution in [0.2, 0.25) is 0 Å². The molecule has 0 aliphatic carbocycles. The van der Waals surface area contributed by atoms with Crippen LogP contribution in [-0.4, -0.2) is 53.6 Å². The van der Waals surface area contributed by atoms with E-state index in [4.69, 9.17) is 4.74 Å². The second-order valence-electron chi connectivity index (χ2n) is 6.22. The average Bonchev–Trinajstić information content (AvgIpc) is 2.40. The summed E-state index contributed by atoms with van der Waals surface area (Å²) < 4.78 is 5.19. The van der Waals surface area contributed by atoms with Crippen LogP contribution in [0.3, 0.4) is 0 Å².